The molecule has 6 nitrogen and oxygen atoms in total. The van der Waals surface area contributed by atoms with Crippen LogP contribution in [0.15, 0.2) is 0 Å². The topological polar surface area (TPSA) is 92.3 Å². The molecule has 2 saturated carbocycles. The Balaban J connectivity index is 0.000000252. The molecule has 0 saturated heterocycles. The lowest BCUT2D eigenvalue weighted by Crippen LogP contribution is -2.95. The SMILES string of the molecule is C1CCC([NH2+]C2CCCCC2)CC1.CCOP(=O)(CC(=O)[O-])OCC. The van der Waals surface area contributed by atoms with Gasteiger partial charge in [0.15, 0.2) is 0 Å². The molecule has 148 valence electrons. The molecule has 2 aliphatic carbocycles. The fourth-order valence-electron chi connectivity index (χ4n) is 3.72. The minimum Gasteiger partial charge on any atom is -0.549 e. The summed E-state index contributed by atoms with van der Waals surface area (Å²) < 4.78 is 20.7. The molecule has 2 N–H and O–H groups in total. The van der Waals surface area contributed by atoms with E-state index in [9.17, 15) is 14.5 Å². The van der Waals surface area contributed by atoms with Crippen molar-refractivity contribution < 1.29 is 28.8 Å². The zero-order valence-corrected chi connectivity index (χ0v) is 16.8. The molecule has 0 radical (unpaired) electrons. The molecule has 0 unspecified atom stereocenters. The first-order valence-electron chi connectivity index (χ1n) is 9.92. The summed E-state index contributed by atoms with van der Waals surface area (Å²) in [6.07, 6.45) is 14.3. The number of carboxylic acids is 1. The number of carboxylic acid groups (broad SMARTS) is 1. The molecular formula is C18H36NO5P. The molecule has 2 fully saturated rings. The lowest BCUT2D eigenvalue weighted by atomic mass is 9.91. The molecular weight excluding hydrogens is 341 g/mol. The third-order valence-corrected chi connectivity index (χ3v) is 6.77. The van der Waals surface area contributed by atoms with E-state index in [1.54, 1.807) is 13.8 Å². The third-order valence-electron chi connectivity index (χ3n) is 4.82. The number of carbonyl (C=O) groups is 1. The standard InChI is InChI=1S/C12H23N.C6H13O5P/c1-3-7-11(8-4-1)13-12-9-5-2-6-10-12;1-3-10-12(9,11-4-2)5-6(7)8/h11-13H,1-10H2;3-5H2,1-2H3,(H,7,8). The highest BCUT2D eigenvalue weighted by atomic mass is 31.2. The van der Waals surface area contributed by atoms with Gasteiger partial charge in [0.05, 0.1) is 37.4 Å². The van der Waals surface area contributed by atoms with Gasteiger partial charge in [-0.05, 0) is 65.2 Å². The Morgan fingerprint density at radius 3 is 1.64 bits per heavy atom. The molecule has 2 aliphatic rings. The average Bonchev–Trinajstić information content (AvgIpc) is 2.57. The van der Waals surface area contributed by atoms with Crippen LogP contribution in [0.25, 0.3) is 0 Å². The number of hydrogen-bond acceptors (Lipinski definition) is 5. The number of nitrogens with two attached hydrogens (primary N) is 1. The number of hydrogen-bond donors (Lipinski definition) is 1. The van der Waals surface area contributed by atoms with Gasteiger partial charge in [0, 0.05) is 0 Å². The van der Waals surface area contributed by atoms with E-state index in [2.05, 4.69) is 5.32 Å². The minimum absolute atomic E-state index is 0.157. The highest BCUT2D eigenvalue weighted by Gasteiger charge is 2.23. The van der Waals surface area contributed by atoms with E-state index in [0.717, 1.165) is 12.1 Å². The van der Waals surface area contributed by atoms with Gasteiger partial charge in [0.25, 0.3) is 0 Å². The molecule has 0 heterocycles. The molecule has 0 bridgehead atoms. The molecule has 25 heavy (non-hydrogen) atoms. The van der Waals surface area contributed by atoms with E-state index in [1.165, 1.54) is 64.2 Å². The fraction of sp³-hybridized carbons (Fsp3) is 0.944. The van der Waals surface area contributed by atoms with Crippen molar-refractivity contribution >= 4 is 13.6 Å². The molecule has 0 amide bonds. The van der Waals surface area contributed by atoms with Crippen molar-refractivity contribution in [3.8, 4) is 0 Å². The summed E-state index contributed by atoms with van der Waals surface area (Å²) in [5.41, 5.74) is 0. The van der Waals surface area contributed by atoms with Crippen LogP contribution in [0, 0.1) is 0 Å². The van der Waals surface area contributed by atoms with Crippen LogP contribution in [0.4, 0.5) is 0 Å². The second-order valence-electron chi connectivity index (χ2n) is 6.97. The maximum atomic E-state index is 11.4. The highest BCUT2D eigenvalue weighted by Crippen LogP contribution is 2.47. The fourth-order valence-corrected chi connectivity index (χ4v) is 5.08. The quantitative estimate of drug-likeness (QED) is 0.655. The van der Waals surface area contributed by atoms with E-state index in [-0.39, 0.29) is 13.2 Å². The second-order valence-corrected chi connectivity index (χ2v) is 9.02. The van der Waals surface area contributed by atoms with Crippen LogP contribution in [-0.2, 0) is 18.4 Å². The molecule has 7 heteroatoms. The van der Waals surface area contributed by atoms with E-state index >= 15 is 0 Å². The Bertz CT molecular complexity index is 380. The van der Waals surface area contributed by atoms with Gasteiger partial charge in [-0.15, -0.1) is 0 Å². The van der Waals surface area contributed by atoms with E-state index in [1.807, 2.05) is 0 Å². The first-order valence-corrected chi connectivity index (χ1v) is 11.6. The maximum absolute atomic E-state index is 11.4. The van der Waals surface area contributed by atoms with Crippen molar-refractivity contribution in [3.05, 3.63) is 0 Å². The van der Waals surface area contributed by atoms with Gasteiger partial charge in [0.2, 0.25) is 0 Å². The lowest BCUT2D eigenvalue weighted by molar-refractivity contribution is -0.725. The van der Waals surface area contributed by atoms with E-state index in [4.69, 9.17) is 9.05 Å². The second kappa shape index (κ2) is 12.9. The molecule has 0 spiro atoms. The Labute approximate surface area is 152 Å². The van der Waals surface area contributed by atoms with Crippen LogP contribution in [-0.4, -0.2) is 37.4 Å². The van der Waals surface area contributed by atoms with Crippen molar-refractivity contribution in [1.82, 2.24) is 0 Å². The van der Waals surface area contributed by atoms with E-state index < -0.39 is 19.7 Å². The molecule has 0 atom stereocenters. The summed E-state index contributed by atoms with van der Waals surface area (Å²) in [7, 11) is -3.44. The van der Waals surface area contributed by atoms with Gasteiger partial charge in [-0.25, -0.2) is 0 Å². The van der Waals surface area contributed by atoms with Crippen LogP contribution in [0.2, 0.25) is 0 Å². The summed E-state index contributed by atoms with van der Waals surface area (Å²) >= 11 is 0. The van der Waals surface area contributed by atoms with Crippen molar-refractivity contribution in [2.45, 2.75) is 90.1 Å². The highest BCUT2D eigenvalue weighted by molar-refractivity contribution is 7.54. The average molecular weight is 377 g/mol. The smallest absolute Gasteiger partial charge is 0.336 e. The van der Waals surface area contributed by atoms with Gasteiger partial charge in [-0.2, -0.15) is 0 Å². The Morgan fingerprint density at radius 1 is 0.920 bits per heavy atom. The number of carbonyl (C=O) groups excluding carboxylic acids is 1. The van der Waals surface area contributed by atoms with Crippen LogP contribution in [0.1, 0.15) is 78.1 Å². The molecule has 0 aromatic rings. The number of aliphatic carboxylic acids is 1. The summed E-state index contributed by atoms with van der Waals surface area (Å²) in [6, 6.07) is 1.99. The van der Waals surface area contributed by atoms with Gasteiger partial charge in [-0.3, -0.25) is 4.57 Å². The zero-order valence-electron chi connectivity index (χ0n) is 15.9. The molecule has 2 rings (SSSR count). The van der Waals surface area contributed by atoms with Crippen LogP contribution in [0.3, 0.4) is 0 Å². The largest absolute Gasteiger partial charge is 0.549 e. The number of quaternary nitrogens is 1. The van der Waals surface area contributed by atoms with Crippen LogP contribution in [0.5, 0.6) is 0 Å². The third kappa shape index (κ3) is 10.3. The van der Waals surface area contributed by atoms with Gasteiger partial charge in [0.1, 0.15) is 0 Å². The van der Waals surface area contributed by atoms with Crippen molar-refractivity contribution in [2.75, 3.05) is 19.4 Å². The summed E-state index contributed by atoms with van der Waals surface area (Å²) in [5.74, 6) is -1.43. The lowest BCUT2D eigenvalue weighted by Gasteiger charge is -2.27. The van der Waals surface area contributed by atoms with Crippen molar-refractivity contribution in [2.24, 2.45) is 0 Å². The van der Waals surface area contributed by atoms with Crippen LogP contribution >= 0.6 is 7.60 Å². The first kappa shape index (κ1) is 22.6. The first-order chi connectivity index (χ1) is 12.0. The Morgan fingerprint density at radius 2 is 1.32 bits per heavy atom. The Hall–Kier alpha value is -0.420. The summed E-state index contributed by atoms with van der Waals surface area (Å²) in [6.45, 7) is 3.54. The maximum Gasteiger partial charge on any atom is 0.336 e. The summed E-state index contributed by atoms with van der Waals surface area (Å²) in [4.78, 5) is 10.1. The van der Waals surface area contributed by atoms with Crippen LogP contribution < -0.4 is 10.4 Å². The van der Waals surface area contributed by atoms with Crippen molar-refractivity contribution in [1.29, 1.82) is 0 Å². The van der Waals surface area contributed by atoms with E-state index in [0.29, 0.717) is 0 Å². The summed E-state index contributed by atoms with van der Waals surface area (Å²) in [5, 5.41) is 12.8. The zero-order chi connectivity index (χ0) is 18.5. The molecule has 0 aromatic heterocycles. The predicted molar refractivity (Wildman–Crippen MR) is 96.4 cm³/mol. The molecule has 0 aromatic carbocycles. The van der Waals surface area contributed by atoms with Crippen molar-refractivity contribution in [3.63, 3.8) is 0 Å². The monoisotopic (exact) mass is 377 g/mol. The van der Waals surface area contributed by atoms with Gasteiger partial charge < -0.3 is 24.3 Å². The number of rotatable bonds is 8. The molecule has 0 aliphatic heterocycles. The normalized spacial score (nSPS) is 19.9. The predicted octanol–water partition coefficient (Wildman–Crippen LogP) is 2.22. The van der Waals surface area contributed by atoms with Gasteiger partial charge >= 0.3 is 7.60 Å². The van der Waals surface area contributed by atoms with Gasteiger partial charge in [-0.1, -0.05) is 12.8 Å². The minimum atomic E-state index is -3.44. The Kier molecular flexibility index (Phi) is 11.6.